The van der Waals surface area contributed by atoms with E-state index in [1.165, 1.54) is 6.42 Å². The maximum Gasteiger partial charge on any atom is 0.394 e. The number of hydrogen-bond donors (Lipinski definition) is 1. The van der Waals surface area contributed by atoms with Crippen LogP contribution in [0.25, 0.3) is 0 Å². The Hall–Kier alpha value is -1.03. The van der Waals surface area contributed by atoms with Crippen molar-refractivity contribution in [2.24, 2.45) is 11.8 Å². The minimum absolute atomic E-state index is 0.265. The zero-order chi connectivity index (χ0) is 13.7. The van der Waals surface area contributed by atoms with Crippen LogP contribution in [-0.2, 0) is 6.54 Å². The van der Waals surface area contributed by atoms with Crippen LogP contribution in [0.1, 0.15) is 52.1 Å². The summed E-state index contributed by atoms with van der Waals surface area (Å²) < 4.78 is 11.2. The Labute approximate surface area is 115 Å². The largest absolute Gasteiger partial charge is 0.447 e. The first-order chi connectivity index (χ1) is 9.19. The van der Waals surface area contributed by atoms with Gasteiger partial charge in [-0.15, -0.1) is 0 Å². The molecular weight excluding hydrogens is 240 g/mol. The first kappa shape index (κ1) is 14.4. The van der Waals surface area contributed by atoms with Gasteiger partial charge in [0.2, 0.25) is 0 Å². The lowest BCUT2D eigenvalue weighted by Gasteiger charge is -2.31. The molecule has 1 aromatic rings. The van der Waals surface area contributed by atoms with Gasteiger partial charge in [-0.25, -0.2) is 0 Å². The number of nitrogens with one attached hydrogen (secondary N) is 1. The molecule has 0 bridgehead atoms. The van der Waals surface area contributed by atoms with Gasteiger partial charge < -0.3 is 14.5 Å². The third-order valence-corrected chi connectivity index (χ3v) is 4.08. The van der Waals surface area contributed by atoms with Crippen LogP contribution in [0.2, 0.25) is 0 Å². The number of nitrogens with zero attached hydrogens (tertiary/aromatic N) is 1. The highest BCUT2D eigenvalue weighted by atomic mass is 16.6. The van der Waals surface area contributed by atoms with Gasteiger partial charge in [0, 0.05) is 6.54 Å². The second-order valence-corrected chi connectivity index (χ2v) is 5.79. The Balaban J connectivity index is 1.79. The monoisotopic (exact) mass is 266 g/mol. The Morgan fingerprint density at radius 2 is 2.21 bits per heavy atom. The highest BCUT2D eigenvalue weighted by Gasteiger charge is 2.26. The van der Waals surface area contributed by atoms with Crippen LogP contribution in [0.3, 0.4) is 0 Å². The molecule has 0 aromatic carbocycles. The third-order valence-electron chi connectivity index (χ3n) is 4.08. The van der Waals surface area contributed by atoms with E-state index in [-0.39, 0.29) is 6.10 Å². The van der Waals surface area contributed by atoms with Crippen molar-refractivity contribution in [3.63, 3.8) is 0 Å². The highest BCUT2D eigenvalue weighted by Crippen LogP contribution is 2.31. The number of rotatable bonds is 6. The fraction of sp³-hybridized carbons (Fsp3) is 0.800. The van der Waals surface area contributed by atoms with Crippen LogP contribution in [0.15, 0.2) is 10.7 Å². The van der Waals surface area contributed by atoms with E-state index >= 15 is 0 Å². The minimum atomic E-state index is 0.265. The SMILES string of the molecule is CCCNCc1coc(OC2CCC(C)C(C)C2)n1. The smallest absolute Gasteiger partial charge is 0.394 e. The maximum atomic E-state index is 5.86. The molecule has 1 fully saturated rings. The first-order valence-electron chi connectivity index (χ1n) is 7.50. The van der Waals surface area contributed by atoms with Crippen molar-refractivity contribution < 1.29 is 9.15 Å². The quantitative estimate of drug-likeness (QED) is 0.802. The summed E-state index contributed by atoms with van der Waals surface area (Å²) in [6, 6.07) is 0. The van der Waals surface area contributed by atoms with Crippen LogP contribution in [-0.4, -0.2) is 17.6 Å². The van der Waals surface area contributed by atoms with E-state index in [0.717, 1.165) is 49.9 Å². The maximum absolute atomic E-state index is 5.86. The molecule has 1 aliphatic carbocycles. The summed E-state index contributed by atoms with van der Waals surface area (Å²) in [5, 5.41) is 3.30. The zero-order valence-electron chi connectivity index (χ0n) is 12.3. The van der Waals surface area contributed by atoms with Crippen LogP contribution >= 0.6 is 0 Å². The van der Waals surface area contributed by atoms with E-state index < -0.39 is 0 Å². The summed E-state index contributed by atoms with van der Waals surface area (Å²) in [7, 11) is 0. The molecule has 3 unspecified atom stereocenters. The van der Waals surface area contributed by atoms with Gasteiger partial charge in [0.15, 0.2) is 0 Å². The van der Waals surface area contributed by atoms with E-state index in [1.807, 2.05) is 0 Å². The van der Waals surface area contributed by atoms with Crippen LogP contribution in [0.5, 0.6) is 6.08 Å². The third kappa shape index (κ3) is 4.23. The summed E-state index contributed by atoms with van der Waals surface area (Å²) in [5.74, 6) is 1.53. The van der Waals surface area contributed by atoms with Crippen molar-refractivity contribution in [2.75, 3.05) is 6.54 Å². The lowest BCUT2D eigenvalue weighted by atomic mass is 9.80. The predicted octanol–water partition coefficient (Wildman–Crippen LogP) is 3.38. The normalized spacial score (nSPS) is 27.4. The van der Waals surface area contributed by atoms with E-state index in [0.29, 0.717) is 6.08 Å². The Kier molecular flexibility index (Phi) is 5.25. The van der Waals surface area contributed by atoms with Crippen molar-refractivity contribution in [3.05, 3.63) is 12.0 Å². The van der Waals surface area contributed by atoms with Crippen molar-refractivity contribution in [1.29, 1.82) is 0 Å². The summed E-state index contributed by atoms with van der Waals surface area (Å²) >= 11 is 0. The topological polar surface area (TPSA) is 47.3 Å². The number of aromatic nitrogens is 1. The van der Waals surface area contributed by atoms with Crippen molar-refractivity contribution in [2.45, 2.75) is 59.1 Å². The molecule has 4 heteroatoms. The van der Waals surface area contributed by atoms with Crippen LogP contribution < -0.4 is 10.1 Å². The Morgan fingerprint density at radius 3 is 2.95 bits per heavy atom. The van der Waals surface area contributed by atoms with Gasteiger partial charge in [0.25, 0.3) is 0 Å². The molecule has 4 nitrogen and oxygen atoms in total. The molecule has 3 atom stereocenters. The van der Waals surface area contributed by atoms with Crippen molar-refractivity contribution in [3.8, 4) is 6.08 Å². The number of oxazole rings is 1. The van der Waals surface area contributed by atoms with Gasteiger partial charge in [-0.1, -0.05) is 20.8 Å². The molecule has 0 amide bonds. The summed E-state index contributed by atoms with van der Waals surface area (Å²) in [4.78, 5) is 4.37. The minimum Gasteiger partial charge on any atom is -0.447 e. The second kappa shape index (κ2) is 6.94. The molecule has 0 radical (unpaired) electrons. The fourth-order valence-corrected chi connectivity index (χ4v) is 2.56. The lowest BCUT2D eigenvalue weighted by molar-refractivity contribution is 0.0729. The van der Waals surface area contributed by atoms with Crippen LogP contribution in [0, 0.1) is 11.8 Å². The molecular formula is C15H26N2O2. The highest BCUT2D eigenvalue weighted by molar-refractivity contribution is 5.00. The molecule has 1 N–H and O–H groups in total. The zero-order valence-corrected chi connectivity index (χ0v) is 12.3. The fourth-order valence-electron chi connectivity index (χ4n) is 2.56. The molecule has 0 spiro atoms. The molecule has 19 heavy (non-hydrogen) atoms. The van der Waals surface area contributed by atoms with Gasteiger partial charge >= 0.3 is 6.08 Å². The molecule has 1 heterocycles. The van der Waals surface area contributed by atoms with E-state index in [4.69, 9.17) is 9.15 Å². The van der Waals surface area contributed by atoms with Crippen molar-refractivity contribution >= 4 is 0 Å². The summed E-state index contributed by atoms with van der Waals surface area (Å²) in [6.07, 6.45) is 6.95. The van der Waals surface area contributed by atoms with E-state index in [1.54, 1.807) is 6.26 Å². The Morgan fingerprint density at radius 1 is 1.37 bits per heavy atom. The summed E-state index contributed by atoms with van der Waals surface area (Å²) in [5.41, 5.74) is 0.917. The summed E-state index contributed by atoms with van der Waals surface area (Å²) in [6.45, 7) is 8.52. The molecule has 0 saturated heterocycles. The first-order valence-corrected chi connectivity index (χ1v) is 7.50. The molecule has 2 rings (SSSR count). The number of hydrogen-bond acceptors (Lipinski definition) is 4. The number of ether oxygens (including phenoxy) is 1. The molecule has 108 valence electrons. The van der Waals surface area contributed by atoms with Gasteiger partial charge in [0.1, 0.15) is 12.4 Å². The lowest BCUT2D eigenvalue weighted by Crippen LogP contribution is -2.28. The molecule has 1 aliphatic rings. The van der Waals surface area contributed by atoms with Gasteiger partial charge in [-0.3, -0.25) is 0 Å². The van der Waals surface area contributed by atoms with Gasteiger partial charge in [0.05, 0.1) is 5.69 Å². The second-order valence-electron chi connectivity index (χ2n) is 5.79. The van der Waals surface area contributed by atoms with E-state index in [2.05, 4.69) is 31.1 Å². The molecule has 0 aliphatic heterocycles. The predicted molar refractivity (Wildman–Crippen MR) is 75.1 cm³/mol. The van der Waals surface area contributed by atoms with E-state index in [9.17, 15) is 0 Å². The average Bonchev–Trinajstić information content (AvgIpc) is 2.82. The molecule has 1 saturated carbocycles. The average molecular weight is 266 g/mol. The molecule has 1 aromatic heterocycles. The van der Waals surface area contributed by atoms with Gasteiger partial charge in [-0.05, 0) is 44.1 Å². The van der Waals surface area contributed by atoms with Crippen LogP contribution in [0.4, 0.5) is 0 Å². The Bertz CT molecular complexity index is 378. The van der Waals surface area contributed by atoms with Gasteiger partial charge in [-0.2, -0.15) is 4.98 Å². The van der Waals surface area contributed by atoms with Crippen molar-refractivity contribution in [1.82, 2.24) is 10.3 Å². The standard InChI is InChI=1S/C15H26N2O2/c1-4-7-16-9-13-10-18-15(17-13)19-14-6-5-11(2)12(3)8-14/h10-12,14,16H,4-9H2,1-3H3.